The maximum Gasteiger partial charge on any atom is 0.206 e. The Labute approximate surface area is 203 Å². The molecule has 3 N–H and O–H groups in total. The van der Waals surface area contributed by atoms with Gasteiger partial charge in [-0.05, 0) is 29.8 Å². The molecule has 1 saturated heterocycles. The molecule has 11 heteroatoms. The van der Waals surface area contributed by atoms with Gasteiger partial charge in [0.2, 0.25) is 5.95 Å². The van der Waals surface area contributed by atoms with E-state index in [1.54, 1.807) is 25.2 Å². The molecule has 0 amide bonds. The zero-order valence-corrected chi connectivity index (χ0v) is 19.9. The van der Waals surface area contributed by atoms with Gasteiger partial charge in [-0.2, -0.15) is 0 Å². The van der Waals surface area contributed by atoms with Crippen LogP contribution in [0.5, 0.6) is 0 Å². The van der Waals surface area contributed by atoms with Crippen molar-refractivity contribution in [2.24, 2.45) is 0 Å². The molecule has 178 valence electrons. The van der Waals surface area contributed by atoms with Gasteiger partial charge in [0.05, 0.1) is 11.0 Å². The third-order valence-corrected chi connectivity index (χ3v) is 5.64. The van der Waals surface area contributed by atoms with Crippen LogP contribution in [0.15, 0.2) is 42.9 Å². The lowest BCUT2D eigenvalue weighted by molar-refractivity contribution is 0.233. The van der Waals surface area contributed by atoms with Gasteiger partial charge in [0.1, 0.15) is 17.8 Å². The van der Waals surface area contributed by atoms with E-state index in [9.17, 15) is 4.39 Å². The molecule has 4 aromatic rings. The van der Waals surface area contributed by atoms with Gasteiger partial charge in [0.25, 0.3) is 0 Å². The van der Waals surface area contributed by atoms with Gasteiger partial charge in [0.15, 0.2) is 11.6 Å². The van der Waals surface area contributed by atoms with E-state index < -0.39 is 5.82 Å². The Morgan fingerprint density at radius 2 is 1.91 bits per heavy atom. The molecule has 9 nitrogen and oxygen atoms in total. The second-order valence-electron chi connectivity index (χ2n) is 8.27. The molecule has 1 aromatic carbocycles. The molecule has 1 aliphatic heterocycles. The number of aromatic nitrogens is 5. The van der Waals surface area contributed by atoms with Crippen molar-refractivity contribution in [1.29, 1.82) is 0 Å². The second-order valence-corrected chi connectivity index (χ2v) is 8.27. The summed E-state index contributed by atoms with van der Waals surface area (Å²) in [5, 5.41) is 6.62. The number of halogens is 2. The number of rotatable bonds is 6. The van der Waals surface area contributed by atoms with Crippen molar-refractivity contribution in [1.82, 2.24) is 35.1 Å². The van der Waals surface area contributed by atoms with Crippen molar-refractivity contribution in [2.75, 3.05) is 50.5 Å². The summed E-state index contributed by atoms with van der Waals surface area (Å²) >= 11 is 0. The minimum atomic E-state index is -0.454. The summed E-state index contributed by atoms with van der Waals surface area (Å²) < 4.78 is 14.9. The smallest absolute Gasteiger partial charge is 0.206 e. The van der Waals surface area contributed by atoms with E-state index in [0.29, 0.717) is 11.5 Å². The standard InChI is InChI=1S/C23H26FN9.ClH/c1-32(2)22-20(24)21(27-14-28-22)16-3-4-17-18(12-16)30-23(29-17)31-19-11-15(5-6-26-19)13-33-9-7-25-8-10-33;/h3-6,11-12,14,25H,7-10,13H2,1-2H3,(H2,26,29,30,31);1H. The van der Waals surface area contributed by atoms with Crippen molar-refractivity contribution in [3.63, 3.8) is 0 Å². The summed E-state index contributed by atoms with van der Waals surface area (Å²) in [5.74, 6) is 1.09. The zero-order chi connectivity index (χ0) is 22.8. The maximum atomic E-state index is 14.9. The lowest BCUT2D eigenvalue weighted by Crippen LogP contribution is -2.42. The first kappa shape index (κ1) is 23.8. The van der Waals surface area contributed by atoms with Crippen molar-refractivity contribution in [3.8, 4) is 11.3 Å². The number of piperazine rings is 1. The number of anilines is 3. The molecule has 34 heavy (non-hydrogen) atoms. The Kier molecular flexibility index (Phi) is 7.20. The summed E-state index contributed by atoms with van der Waals surface area (Å²) in [6.45, 7) is 5.01. The summed E-state index contributed by atoms with van der Waals surface area (Å²) in [7, 11) is 3.50. The molecular weight excluding hydrogens is 457 g/mol. The lowest BCUT2D eigenvalue weighted by atomic mass is 10.1. The lowest BCUT2D eigenvalue weighted by Gasteiger charge is -2.27. The number of fused-ring (bicyclic) bond motifs is 1. The first-order valence-corrected chi connectivity index (χ1v) is 10.9. The van der Waals surface area contributed by atoms with Gasteiger partial charge in [-0.25, -0.2) is 24.3 Å². The molecule has 0 unspecified atom stereocenters. The minimum Gasteiger partial charge on any atom is -0.360 e. The predicted molar refractivity (Wildman–Crippen MR) is 134 cm³/mol. The van der Waals surface area contributed by atoms with Crippen molar-refractivity contribution in [2.45, 2.75) is 6.54 Å². The van der Waals surface area contributed by atoms with Gasteiger partial charge >= 0.3 is 0 Å². The molecule has 4 heterocycles. The Balaban J connectivity index is 0.00000274. The molecule has 5 rings (SSSR count). The number of pyridine rings is 1. The SMILES string of the molecule is CN(C)c1ncnc(-c2ccc3nc(Nc4cc(CN5CCNCC5)ccn4)[nH]c3c2)c1F.Cl. The van der Waals surface area contributed by atoms with E-state index >= 15 is 0 Å². The third-order valence-electron chi connectivity index (χ3n) is 5.64. The number of benzene rings is 1. The molecule has 3 aromatic heterocycles. The molecule has 1 fully saturated rings. The quantitative estimate of drug-likeness (QED) is 0.384. The minimum absolute atomic E-state index is 0. The molecule has 0 bridgehead atoms. The highest BCUT2D eigenvalue weighted by Gasteiger charge is 2.16. The van der Waals surface area contributed by atoms with Crippen LogP contribution < -0.4 is 15.5 Å². The van der Waals surface area contributed by atoms with Gasteiger partial charge in [-0.1, -0.05) is 6.07 Å². The maximum absolute atomic E-state index is 14.9. The van der Waals surface area contributed by atoms with E-state index in [4.69, 9.17) is 0 Å². The number of nitrogens with one attached hydrogen (secondary N) is 3. The highest BCUT2D eigenvalue weighted by Crippen LogP contribution is 2.28. The van der Waals surface area contributed by atoms with Crippen LogP contribution in [0.2, 0.25) is 0 Å². The highest BCUT2D eigenvalue weighted by atomic mass is 35.5. The predicted octanol–water partition coefficient (Wildman–Crippen LogP) is 3.19. The largest absolute Gasteiger partial charge is 0.360 e. The molecule has 0 aliphatic carbocycles. The molecule has 1 aliphatic rings. The zero-order valence-electron chi connectivity index (χ0n) is 19.0. The average molecular weight is 484 g/mol. The first-order chi connectivity index (χ1) is 16.1. The third kappa shape index (κ3) is 5.09. The van der Waals surface area contributed by atoms with Crippen molar-refractivity contribution < 1.29 is 4.39 Å². The Morgan fingerprint density at radius 1 is 1.09 bits per heavy atom. The monoisotopic (exact) mass is 483 g/mol. The van der Waals surface area contributed by atoms with Gasteiger partial charge in [0, 0.05) is 58.6 Å². The van der Waals surface area contributed by atoms with E-state index in [0.717, 1.165) is 49.6 Å². The number of hydrogen-bond donors (Lipinski definition) is 3. The fraction of sp³-hybridized carbons (Fsp3) is 0.304. The fourth-order valence-corrected chi connectivity index (χ4v) is 3.98. The van der Waals surface area contributed by atoms with E-state index in [2.05, 4.69) is 40.5 Å². The van der Waals surface area contributed by atoms with E-state index in [1.807, 2.05) is 30.3 Å². The number of H-pyrrole nitrogens is 1. The summed E-state index contributed by atoms with van der Waals surface area (Å²) in [6.07, 6.45) is 3.18. The van der Waals surface area contributed by atoms with E-state index in [-0.39, 0.29) is 23.9 Å². The summed E-state index contributed by atoms with van der Waals surface area (Å²) in [4.78, 5) is 24.5. The molecule has 0 radical (unpaired) electrons. The summed E-state index contributed by atoms with van der Waals surface area (Å²) in [6, 6.07) is 9.57. The second kappa shape index (κ2) is 10.3. The van der Waals surface area contributed by atoms with Gasteiger partial charge < -0.3 is 20.5 Å². The Bertz CT molecular complexity index is 1270. The number of imidazole rings is 1. The topological polar surface area (TPSA) is 97.9 Å². The van der Waals surface area contributed by atoms with Crippen molar-refractivity contribution >= 4 is 41.0 Å². The van der Waals surface area contributed by atoms with Crippen LogP contribution in [0.4, 0.5) is 22.0 Å². The Hall–Kier alpha value is -3.34. The highest BCUT2D eigenvalue weighted by molar-refractivity contribution is 5.85. The van der Waals surface area contributed by atoms with Crippen LogP contribution in [0.3, 0.4) is 0 Å². The van der Waals surface area contributed by atoms with Crippen LogP contribution in [-0.4, -0.2) is 70.1 Å². The van der Waals surface area contributed by atoms with Crippen LogP contribution in [0.25, 0.3) is 22.3 Å². The number of aromatic amines is 1. The van der Waals surface area contributed by atoms with Crippen LogP contribution >= 0.6 is 12.4 Å². The molecular formula is C23H27ClFN9. The van der Waals surface area contributed by atoms with Crippen LogP contribution in [-0.2, 0) is 6.54 Å². The Morgan fingerprint density at radius 3 is 2.71 bits per heavy atom. The van der Waals surface area contributed by atoms with E-state index in [1.165, 1.54) is 11.9 Å². The molecule has 0 atom stereocenters. The summed E-state index contributed by atoms with van der Waals surface area (Å²) in [5.41, 5.74) is 3.64. The normalized spacial score (nSPS) is 14.1. The molecule has 0 saturated carbocycles. The molecule has 0 spiro atoms. The van der Waals surface area contributed by atoms with Crippen molar-refractivity contribution in [3.05, 3.63) is 54.2 Å². The van der Waals surface area contributed by atoms with Crippen LogP contribution in [0, 0.1) is 5.82 Å². The van der Waals surface area contributed by atoms with Crippen LogP contribution in [0.1, 0.15) is 5.56 Å². The average Bonchev–Trinajstić information content (AvgIpc) is 3.21. The number of hydrogen-bond acceptors (Lipinski definition) is 8. The van der Waals surface area contributed by atoms with Gasteiger partial charge in [-0.15, -0.1) is 12.4 Å². The fourth-order valence-electron chi connectivity index (χ4n) is 3.98. The number of nitrogens with zero attached hydrogens (tertiary/aromatic N) is 6. The first-order valence-electron chi connectivity index (χ1n) is 10.9. The van der Waals surface area contributed by atoms with Gasteiger partial charge in [-0.3, -0.25) is 4.90 Å².